The quantitative estimate of drug-likeness (QED) is 0.851. The van der Waals surface area contributed by atoms with Gasteiger partial charge < -0.3 is 15.5 Å². The minimum absolute atomic E-state index is 0.0351. The predicted octanol–water partition coefficient (Wildman–Crippen LogP) is 2.36. The number of amides is 1. The summed E-state index contributed by atoms with van der Waals surface area (Å²) in [4.78, 5) is 12.2. The summed E-state index contributed by atoms with van der Waals surface area (Å²) in [5, 5.41) is 10.7. The Balaban J connectivity index is 2.15. The fourth-order valence-electron chi connectivity index (χ4n) is 2.00. The van der Waals surface area contributed by atoms with Crippen LogP contribution in [0.4, 0.5) is 5.69 Å². The molecule has 1 heterocycles. The summed E-state index contributed by atoms with van der Waals surface area (Å²) in [7, 11) is 0. The van der Waals surface area contributed by atoms with Crippen LogP contribution in [0.5, 0.6) is 0 Å². The first-order valence-corrected chi connectivity index (χ1v) is 7.02. The van der Waals surface area contributed by atoms with Crippen LogP contribution in [0.15, 0.2) is 28.7 Å². The normalized spacial score (nSPS) is 12.1. The molecule has 1 amide bonds. The van der Waals surface area contributed by atoms with Gasteiger partial charge in [-0.2, -0.15) is 0 Å². The highest BCUT2D eigenvalue weighted by Gasteiger charge is 2.16. The lowest BCUT2D eigenvalue weighted by Gasteiger charge is -2.13. The van der Waals surface area contributed by atoms with Crippen LogP contribution >= 0.6 is 0 Å². The number of rotatable bonds is 6. The number of nitrogens with zero attached hydrogens (tertiary/aromatic N) is 2. The van der Waals surface area contributed by atoms with E-state index in [4.69, 9.17) is 10.2 Å². The van der Waals surface area contributed by atoms with Gasteiger partial charge >= 0.3 is 0 Å². The molecule has 0 aliphatic carbocycles. The van der Waals surface area contributed by atoms with Crippen molar-refractivity contribution in [3.8, 4) is 11.5 Å². The molecule has 0 saturated carbocycles. The molecule has 0 aliphatic heterocycles. The number of benzene rings is 1. The van der Waals surface area contributed by atoms with Crippen LogP contribution in [-0.2, 0) is 4.79 Å². The van der Waals surface area contributed by atoms with E-state index in [-0.39, 0.29) is 11.8 Å². The Bertz CT molecular complexity index is 609. The molecular weight excluding hydrogens is 268 g/mol. The lowest BCUT2D eigenvalue weighted by atomic mass is 10.0. The molecular formula is C15H20N4O2. The molecule has 0 saturated heterocycles. The summed E-state index contributed by atoms with van der Waals surface area (Å²) in [6, 6.07) is 7.38. The lowest BCUT2D eigenvalue weighted by Crippen LogP contribution is -2.21. The molecule has 112 valence electrons. The van der Waals surface area contributed by atoms with Crippen LogP contribution in [-0.4, -0.2) is 22.6 Å². The molecule has 3 N–H and O–H groups in total. The maximum Gasteiger partial charge on any atom is 0.249 e. The summed E-state index contributed by atoms with van der Waals surface area (Å²) < 4.78 is 5.43. The first-order chi connectivity index (χ1) is 10.1. The average Bonchev–Trinajstić information content (AvgIpc) is 2.91. The summed E-state index contributed by atoms with van der Waals surface area (Å²) >= 11 is 0. The molecule has 0 aliphatic rings. The van der Waals surface area contributed by atoms with Crippen LogP contribution in [0, 0.1) is 12.8 Å². The van der Waals surface area contributed by atoms with Gasteiger partial charge in [-0.05, 0) is 31.5 Å². The van der Waals surface area contributed by atoms with Gasteiger partial charge in [0.15, 0.2) is 0 Å². The zero-order valence-corrected chi connectivity index (χ0v) is 12.3. The van der Waals surface area contributed by atoms with E-state index in [2.05, 4.69) is 15.5 Å². The molecule has 1 unspecified atom stereocenters. The Morgan fingerprint density at radius 3 is 2.81 bits per heavy atom. The van der Waals surface area contributed by atoms with E-state index in [1.165, 1.54) is 0 Å². The van der Waals surface area contributed by atoms with E-state index in [1.54, 1.807) is 6.92 Å². The second-order valence-electron chi connectivity index (χ2n) is 4.99. The van der Waals surface area contributed by atoms with Crippen molar-refractivity contribution in [1.29, 1.82) is 0 Å². The van der Waals surface area contributed by atoms with Crippen molar-refractivity contribution < 1.29 is 9.21 Å². The van der Waals surface area contributed by atoms with Gasteiger partial charge in [0.05, 0.1) is 11.3 Å². The van der Waals surface area contributed by atoms with Crippen molar-refractivity contribution in [1.82, 2.24) is 10.2 Å². The third-order valence-corrected chi connectivity index (χ3v) is 3.23. The standard InChI is InChI=1S/C15H20N4O2/c1-10(6-5-9-16)14(20)17-13-8-4-3-7-12(13)15-19-18-11(2)21-15/h3-4,7-8,10H,5-6,9,16H2,1-2H3,(H,17,20). The zero-order chi connectivity index (χ0) is 15.2. The van der Waals surface area contributed by atoms with Crippen molar-refractivity contribution in [2.24, 2.45) is 11.7 Å². The van der Waals surface area contributed by atoms with Gasteiger partial charge in [-0.1, -0.05) is 19.1 Å². The van der Waals surface area contributed by atoms with Crippen molar-refractivity contribution in [3.63, 3.8) is 0 Å². The van der Waals surface area contributed by atoms with Gasteiger partial charge in [0, 0.05) is 12.8 Å². The van der Waals surface area contributed by atoms with E-state index in [9.17, 15) is 4.79 Å². The third-order valence-electron chi connectivity index (χ3n) is 3.23. The Labute approximate surface area is 123 Å². The van der Waals surface area contributed by atoms with E-state index in [0.29, 0.717) is 24.0 Å². The second kappa shape index (κ2) is 6.99. The Morgan fingerprint density at radius 1 is 1.38 bits per heavy atom. The van der Waals surface area contributed by atoms with Gasteiger partial charge in [0.2, 0.25) is 17.7 Å². The maximum atomic E-state index is 12.2. The third kappa shape index (κ3) is 3.88. The summed E-state index contributed by atoms with van der Waals surface area (Å²) in [5.74, 6) is 0.763. The highest BCUT2D eigenvalue weighted by atomic mass is 16.4. The predicted molar refractivity (Wildman–Crippen MR) is 80.6 cm³/mol. The molecule has 1 atom stereocenters. The molecule has 6 heteroatoms. The van der Waals surface area contributed by atoms with E-state index >= 15 is 0 Å². The van der Waals surface area contributed by atoms with Gasteiger partial charge in [-0.3, -0.25) is 4.79 Å². The Morgan fingerprint density at radius 2 is 2.14 bits per heavy atom. The van der Waals surface area contributed by atoms with Crippen LogP contribution in [0.25, 0.3) is 11.5 Å². The molecule has 2 rings (SSSR count). The van der Waals surface area contributed by atoms with Gasteiger partial charge in [0.25, 0.3) is 0 Å². The molecule has 1 aromatic carbocycles. The summed E-state index contributed by atoms with van der Waals surface area (Å²) in [6.45, 7) is 4.21. The van der Waals surface area contributed by atoms with E-state index in [1.807, 2.05) is 31.2 Å². The SMILES string of the molecule is Cc1nnc(-c2ccccc2NC(=O)C(C)CCCN)o1. The van der Waals surface area contributed by atoms with Gasteiger partial charge in [-0.15, -0.1) is 10.2 Å². The molecule has 2 aromatic rings. The molecule has 0 bridgehead atoms. The first kappa shape index (κ1) is 15.2. The zero-order valence-electron chi connectivity index (χ0n) is 12.3. The van der Waals surface area contributed by atoms with Crippen LogP contribution in [0.2, 0.25) is 0 Å². The smallest absolute Gasteiger partial charge is 0.249 e. The Kier molecular flexibility index (Phi) is 5.05. The number of carbonyl (C=O) groups is 1. The summed E-state index contributed by atoms with van der Waals surface area (Å²) in [5.41, 5.74) is 6.86. The summed E-state index contributed by atoms with van der Waals surface area (Å²) in [6.07, 6.45) is 1.60. The molecule has 0 radical (unpaired) electrons. The van der Waals surface area contributed by atoms with Crippen LogP contribution < -0.4 is 11.1 Å². The van der Waals surface area contributed by atoms with E-state index < -0.39 is 0 Å². The van der Waals surface area contributed by atoms with Crippen molar-refractivity contribution in [2.45, 2.75) is 26.7 Å². The van der Waals surface area contributed by atoms with Crippen molar-refractivity contribution >= 4 is 11.6 Å². The number of nitrogens with two attached hydrogens (primary N) is 1. The number of carbonyl (C=O) groups excluding carboxylic acids is 1. The highest BCUT2D eigenvalue weighted by molar-refractivity contribution is 5.95. The molecule has 0 fully saturated rings. The lowest BCUT2D eigenvalue weighted by molar-refractivity contribution is -0.119. The van der Waals surface area contributed by atoms with Crippen molar-refractivity contribution in [2.75, 3.05) is 11.9 Å². The van der Waals surface area contributed by atoms with Gasteiger partial charge in [0.1, 0.15) is 0 Å². The number of aryl methyl sites for hydroxylation is 1. The highest BCUT2D eigenvalue weighted by Crippen LogP contribution is 2.27. The Hall–Kier alpha value is -2.21. The minimum Gasteiger partial charge on any atom is -0.421 e. The van der Waals surface area contributed by atoms with Gasteiger partial charge in [-0.25, -0.2) is 0 Å². The number of hydrogen-bond acceptors (Lipinski definition) is 5. The maximum absolute atomic E-state index is 12.2. The first-order valence-electron chi connectivity index (χ1n) is 7.02. The van der Waals surface area contributed by atoms with Crippen LogP contribution in [0.3, 0.4) is 0 Å². The van der Waals surface area contributed by atoms with Crippen LogP contribution in [0.1, 0.15) is 25.7 Å². The molecule has 0 spiro atoms. The molecule has 21 heavy (non-hydrogen) atoms. The molecule has 6 nitrogen and oxygen atoms in total. The number of anilines is 1. The largest absolute Gasteiger partial charge is 0.421 e. The number of hydrogen-bond donors (Lipinski definition) is 2. The fraction of sp³-hybridized carbons (Fsp3) is 0.400. The average molecular weight is 288 g/mol. The monoisotopic (exact) mass is 288 g/mol. The number of aromatic nitrogens is 2. The van der Waals surface area contributed by atoms with E-state index in [0.717, 1.165) is 18.4 Å². The number of nitrogens with one attached hydrogen (secondary N) is 1. The fourth-order valence-corrected chi connectivity index (χ4v) is 2.00. The molecule has 1 aromatic heterocycles. The minimum atomic E-state index is -0.0916. The van der Waals surface area contributed by atoms with Crippen molar-refractivity contribution in [3.05, 3.63) is 30.2 Å². The number of para-hydroxylation sites is 1. The topological polar surface area (TPSA) is 94.0 Å². The second-order valence-corrected chi connectivity index (χ2v) is 4.99.